The minimum atomic E-state index is -1.33. The van der Waals surface area contributed by atoms with E-state index >= 15 is 0 Å². The first-order valence-corrected chi connectivity index (χ1v) is 12.7. The SMILES string of the molecule is Cc1ccc(C)c(N2CC=C[C@]34O[C@H]5C=CCOC(=O)[C@H]5[C@H]3C(=O)N([C@@H](CO)CC(C)C)C4C2=O)c1. The summed E-state index contributed by atoms with van der Waals surface area (Å²) in [6.07, 6.45) is 7.00. The number of hydrogen-bond donors (Lipinski definition) is 1. The Kier molecular flexibility index (Phi) is 6.29. The first-order valence-electron chi connectivity index (χ1n) is 12.7. The summed E-state index contributed by atoms with van der Waals surface area (Å²) in [7, 11) is 0. The van der Waals surface area contributed by atoms with Crippen molar-refractivity contribution >= 4 is 23.5 Å². The molecule has 6 atom stereocenters. The molecule has 2 fully saturated rings. The first-order chi connectivity index (χ1) is 17.2. The van der Waals surface area contributed by atoms with Crippen LogP contribution in [0.5, 0.6) is 0 Å². The van der Waals surface area contributed by atoms with Crippen molar-refractivity contribution in [1.82, 2.24) is 4.90 Å². The van der Waals surface area contributed by atoms with Crippen LogP contribution >= 0.6 is 0 Å². The monoisotopic (exact) mass is 494 g/mol. The highest BCUT2D eigenvalue weighted by Crippen LogP contribution is 2.54. The van der Waals surface area contributed by atoms with Crippen molar-refractivity contribution < 1.29 is 29.0 Å². The van der Waals surface area contributed by atoms with Crippen LogP contribution in [0.4, 0.5) is 5.69 Å². The Bertz CT molecular complexity index is 1140. The Morgan fingerprint density at radius 3 is 2.64 bits per heavy atom. The minimum absolute atomic E-state index is 0.123. The number of aryl methyl sites for hydroxylation is 2. The van der Waals surface area contributed by atoms with Gasteiger partial charge in [0.2, 0.25) is 5.91 Å². The third-order valence-corrected chi connectivity index (χ3v) is 7.85. The van der Waals surface area contributed by atoms with Crippen molar-refractivity contribution in [3.05, 3.63) is 53.6 Å². The number of ether oxygens (including phenoxy) is 2. The zero-order chi connectivity index (χ0) is 25.8. The van der Waals surface area contributed by atoms with E-state index in [0.29, 0.717) is 13.0 Å². The summed E-state index contributed by atoms with van der Waals surface area (Å²) in [5.74, 6) is -2.71. The number of rotatable bonds is 5. The molecule has 0 bridgehead atoms. The lowest BCUT2D eigenvalue weighted by Crippen LogP contribution is -2.58. The molecule has 8 nitrogen and oxygen atoms in total. The van der Waals surface area contributed by atoms with E-state index in [0.717, 1.165) is 16.8 Å². The van der Waals surface area contributed by atoms with E-state index in [1.807, 2.05) is 58.0 Å². The summed E-state index contributed by atoms with van der Waals surface area (Å²) in [6.45, 7) is 8.09. The molecule has 1 aromatic carbocycles. The Labute approximate surface area is 211 Å². The molecule has 5 rings (SSSR count). The molecule has 2 amide bonds. The second-order valence-corrected chi connectivity index (χ2v) is 10.8. The van der Waals surface area contributed by atoms with Gasteiger partial charge in [-0.05, 0) is 49.5 Å². The Balaban J connectivity index is 1.66. The Morgan fingerprint density at radius 1 is 1.14 bits per heavy atom. The molecule has 8 heteroatoms. The van der Waals surface area contributed by atoms with Crippen LogP contribution in [-0.2, 0) is 23.9 Å². The number of hydrogen-bond acceptors (Lipinski definition) is 6. The van der Waals surface area contributed by atoms with Crippen LogP contribution in [0.25, 0.3) is 0 Å². The van der Waals surface area contributed by atoms with Crippen LogP contribution in [0.3, 0.4) is 0 Å². The number of esters is 1. The summed E-state index contributed by atoms with van der Waals surface area (Å²) in [5, 5.41) is 10.4. The standard InChI is InChI=1S/C28H34N2O6/c1-16(2)13-19(15-31)30-24-26(33)29(20-14-17(3)8-9-18(20)4)11-6-10-28(24)23(25(30)32)22-21(36-28)7-5-12-35-27(22)34/h5-10,14,16,19,21-24,31H,11-13,15H2,1-4H3/t19-,21+,22-,23+,24?,28+/m1/s1. The van der Waals surface area contributed by atoms with Crippen molar-refractivity contribution in [3.8, 4) is 0 Å². The number of anilines is 1. The largest absolute Gasteiger partial charge is 0.461 e. The van der Waals surface area contributed by atoms with E-state index in [4.69, 9.17) is 9.47 Å². The van der Waals surface area contributed by atoms with Crippen LogP contribution in [0.2, 0.25) is 0 Å². The molecule has 2 saturated heterocycles. The van der Waals surface area contributed by atoms with Gasteiger partial charge in [0.25, 0.3) is 5.91 Å². The van der Waals surface area contributed by atoms with E-state index in [1.54, 1.807) is 17.1 Å². The molecule has 0 saturated carbocycles. The fourth-order valence-corrected chi connectivity index (χ4v) is 6.35. The number of nitrogens with zero attached hydrogens (tertiary/aromatic N) is 2. The van der Waals surface area contributed by atoms with Gasteiger partial charge in [0, 0.05) is 12.2 Å². The molecule has 1 spiro atoms. The zero-order valence-electron chi connectivity index (χ0n) is 21.2. The maximum Gasteiger partial charge on any atom is 0.313 e. The van der Waals surface area contributed by atoms with Crippen LogP contribution < -0.4 is 4.90 Å². The molecule has 1 N–H and O–H groups in total. The van der Waals surface area contributed by atoms with Crippen LogP contribution in [-0.4, -0.2) is 71.3 Å². The fourth-order valence-electron chi connectivity index (χ4n) is 6.35. The second kappa shape index (κ2) is 9.16. The lowest BCUT2D eigenvalue weighted by atomic mass is 9.78. The number of likely N-dealkylation sites (tertiary alicyclic amines) is 1. The van der Waals surface area contributed by atoms with Crippen LogP contribution in [0, 0.1) is 31.6 Å². The van der Waals surface area contributed by atoms with Gasteiger partial charge in [0.1, 0.15) is 24.2 Å². The van der Waals surface area contributed by atoms with Crippen molar-refractivity contribution in [3.63, 3.8) is 0 Å². The molecule has 0 aromatic heterocycles. The van der Waals surface area contributed by atoms with Gasteiger partial charge in [-0.2, -0.15) is 0 Å². The van der Waals surface area contributed by atoms with E-state index in [9.17, 15) is 19.5 Å². The molecule has 1 unspecified atom stereocenters. The van der Waals surface area contributed by atoms with Gasteiger partial charge < -0.3 is 24.4 Å². The van der Waals surface area contributed by atoms with Gasteiger partial charge in [-0.25, -0.2) is 0 Å². The number of benzene rings is 1. The zero-order valence-corrected chi connectivity index (χ0v) is 21.2. The second-order valence-electron chi connectivity index (χ2n) is 10.8. The molecular weight excluding hydrogens is 460 g/mol. The number of carbonyl (C=O) groups excluding carboxylic acids is 3. The smallest absolute Gasteiger partial charge is 0.313 e. The molecule has 1 aromatic rings. The number of fused-ring (bicyclic) bond motifs is 2. The van der Waals surface area contributed by atoms with Gasteiger partial charge in [0.15, 0.2) is 0 Å². The average molecular weight is 495 g/mol. The van der Waals surface area contributed by atoms with Crippen molar-refractivity contribution in [2.45, 2.75) is 57.9 Å². The van der Waals surface area contributed by atoms with Crippen molar-refractivity contribution in [2.24, 2.45) is 17.8 Å². The van der Waals surface area contributed by atoms with E-state index in [-0.39, 0.29) is 30.9 Å². The van der Waals surface area contributed by atoms with Gasteiger partial charge in [-0.15, -0.1) is 0 Å². The molecule has 36 heavy (non-hydrogen) atoms. The van der Waals surface area contributed by atoms with Crippen molar-refractivity contribution in [2.75, 3.05) is 24.7 Å². The van der Waals surface area contributed by atoms with E-state index in [1.165, 1.54) is 4.90 Å². The maximum atomic E-state index is 14.4. The van der Waals surface area contributed by atoms with Gasteiger partial charge in [-0.1, -0.05) is 44.2 Å². The Hall–Kier alpha value is -2.97. The summed E-state index contributed by atoms with van der Waals surface area (Å²) < 4.78 is 11.9. The van der Waals surface area contributed by atoms with E-state index in [2.05, 4.69) is 0 Å². The van der Waals surface area contributed by atoms with Gasteiger partial charge >= 0.3 is 5.97 Å². The van der Waals surface area contributed by atoms with Gasteiger partial charge in [-0.3, -0.25) is 14.4 Å². The third kappa shape index (κ3) is 3.69. The average Bonchev–Trinajstić information content (AvgIpc) is 3.14. The number of aliphatic hydroxyl groups excluding tert-OH is 1. The lowest BCUT2D eigenvalue weighted by molar-refractivity contribution is -0.153. The lowest BCUT2D eigenvalue weighted by Gasteiger charge is -2.39. The number of aliphatic hydroxyl groups is 1. The fraction of sp³-hybridized carbons (Fsp3) is 0.536. The number of carbonyl (C=O) groups is 3. The summed E-state index contributed by atoms with van der Waals surface area (Å²) in [4.78, 5) is 44.8. The normalized spacial score (nSPS) is 32.2. The molecule has 4 aliphatic rings. The molecule has 4 heterocycles. The third-order valence-electron chi connectivity index (χ3n) is 7.85. The predicted octanol–water partition coefficient (Wildman–Crippen LogP) is 2.31. The topological polar surface area (TPSA) is 96.4 Å². The molecule has 0 aliphatic carbocycles. The predicted molar refractivity (Wildman–Crippen MR) is 133 cm³/mol. The van der Waals surface area contributed by atoms with Crippen LogP contribution in [0.15, 0.2) is 42.5 Å². The summed E-state index contributed by atoms with van der Waals surface area (Å²) in [5.41, 5.74) is 1.40. The molecular formula is C28H34N2O6. The molecule has 4 aliphatic heterocycles. The quantitative estimate of drug-likeness (QED) is 0.499. The van der Waals surface area contributed by atoms with Crippen molar-refractivity contribution in [1.29, 1.82) is 0 Å². The molecule has 0 radical (unpaired) electrons. The number of amides is 2. The number of cyclic esters (lactones) is 1. The highest BCUT2D eigenvalue weighted by atomic mass is 16.6. The maximum absolute atomic E-state index is 14.4. The minimum Gasteiger partial charge on any atom is -0.461 e. The highest BCUT2D eigenvalue weighted by molar-refractivity contribution is 6.06. The Morgan fingerprint density at radius 2 is 1.92 bits per heavy atom. The first kappa shape index (κ1) is 24.7. The molecule has 192 valence electrons. The highest BCUT2D eigenvalue weighted by Gasteiger charge is 2.72. The van der Waals surface area contributed by atoms with Crippen LogP contribution in [0.1, 0.15) is 31.4 Å². The summed E-state index contributed by atoms with van der Waals surface area (Å²) >= 11 is 0. The van der Waals surface area contributed by atoms with E-state index < -0.39 is 41.6 Å². The van der Waals surface area contributed by atoms with Gasteiger partial charge in [0.05, 0.1) is 24.7 Å². The summed E-state index contributed by atoms with van der Waals surface area (Å²) in [6, 6.07) is 4.34.